The highest BCUT2D eigenvalue weighted by Gasteiger charge is 2.13. The Hall–Kier alpha value is -0.920. The van der Waals surface area contributed by atoms with Crippen LogP contribution in [0.25, 0.3) is 0 Å². The van der Waals surface area contributed by atoms with E-state index in [4.69, 9.17) is 0 Å². The van der Waals surface area contributed by atoms with E-state index in [0.717, 1.165) is 29.0 Å². The van der Waals surface area contributed by atoms with Crippen LogP contribution in [0.3, 0.4) is 0 Å². The van der Waals surface area contributed by atoms with Crippen LogP contribution in [0.1, 0.15) is 12.7 Å². The highest BCUT2D eigenvalue weighted by Crippen LogP contribution is 2.27. The van der Waals surface area contributed by atoms with Crippen LogP contribution in [0, 0.1) is 0 Å². The normalized spacial score (nSPS) is 12.6. The number of hydrogen-bond acceptors (Lipinski definition) is 5. The number of thioether (sulfide) groups is 1. The lowest BCUT2D eigenvalue weighted by Gasteiger charge is -2.16. The van der Waals surface area contributed by atoms with Crippen molar-refractivity contribution in [2.45, 2.75) is 24.3 Å². The Kier molecular flexibility index (Phi) is 6.00. The molecule has 1 atom stereocenters. The SMILES string of the molecule is CCNC(CSc1ccccc1Br)Cc1nnn(C)n1. The summed E-state index contributed by atoms with van der Waals surface area (Å²) in [5.41, 5.74) is 0. The molecule has 0 aliphatic rings. The number of aromatic nitrogens is 4. The van der Waals surface area contributed by atoms with Crippen LogP contribution in [0.15, 0.2) is 33.6 Å². The third-order valence-corrected chi connectivity index (χ3v) is 4.94. The molecule has 2 rings (SSSR count). The molecule has 1 unspecified atom stereocenters. The number of tetrazole rings is 1. The van der Waals surface area contributed by atoms with Gasteiger partial charge in [-0.25, -0.2) is 0 Å². The monoisotopic (exact) mass is 355 g/mol. The molecule has 0 aliphatic heterocycles. The smallest absolute Gasteiger partial charge is 0.176 e. The van der Waals surface area contributed by atoms with E-state index < -0.39 is 0 Å². The Morgan fingerprint density at radius 2 is 2.20 bits per heavy atom. The summed E-state index contributed by atoms with van der Waals surface area (Å²) < 4.78 is 1.14. The molecule has 5 nitrogen and oxygen atoms in total. The van der Waals surface area contributed by atoms with Crippen LogP contribution in [0.2, 0.25) is 0 Å². The average Bonchev–Trinajstić information content (AvgIpc) is 2.83. The maximum Gasteiger partial charge on any atom is 0.176 e. The van der Waals surface area contributed by atoms with Crippen molar-refractivity contribution in [2.75, 3.05) is 12.3 Å². The van der Waals surface area contributed by atoms with Gasteiger partial charge in [-0.1, -0.05) is 19.1 Å². The molecule has 1 N–H and O–H groups in total. The Labute approximate surface area is 131 Å². The molecular formula is C13H18BrN5S. The Bertz CT molecular complexity index is 545. The largest absolute Gasteiger partial charge is 0.313 e. The van der Waals surface area contributed by atoms with E-state index in [9.17, 15) is 0 Å². The first kappa shape index (κ1) is 15.5. The van der Waals surface area contributed by atoms with Gasteiger partial charge in [-0.05, 0) is 39.8 Å². The first-order valence-corrected chi connectivity index (χ1v) is 8.30. The van der Waals surface area contributed by atoms with Crippen LogP contribution in [-0.4, -0.2) is 38.5 Å². The van der Waals surface area contributed by atoms with Gasteiger partial charge in [-0.3, -0.25) is 0 Å². The van der Waals surface area contributed by atoms with Gasteiger partial charge in [0.2, 0.25) is 0 Å². The molecule has 0 bridgehead atoms. The number of hydrogen-bond donors (Lipinski definition) is 1. The van der Waals surface area contributed by atoms with Gasteiger partial charge in [0.25, 0.3) is 0 Å². The average molecular weight is 356 g/mol. The zero-order chi connectivity index (χ0) is 14.4. The highest BCUT2D eigenvalue weighted by molar-refractivity contribution is 9.10. The van der Waals surface area contributed by atoms with Crippen molar-refractivity contribution in [1.29, 1.82) is 0 Å². The zero-order valence-corrected chi connectivity index (χ0v) is 14.0. The molecule has 7 heteroatoms. The summed E-state index contributed by atoms with van der Waals surface area (Å²) in [6.45, 7) is 3.04. The van der Waals surface area contributed by atoms with Crippen molar-refractivity contribution in [2.24, 2.45) is 7.05 Å². The Morgan fingerprint density at radius 1 is 1.40 bits per heavy atom. The van der Waals surface area contributed by atoms with E-state index in [1.807, 2.05) is 17.8 Å². The molecule has 0 radical (unpaired) electrons. The number of benzene rings is 1. The first-order chi connectivity index (χ1) is 9.69. The van der Waals surface area contributed by atoms with E-state index in [1.54, 1.807) is 7.05 Å². The topological polar surface area (TPSA) is 55.6 Å². The predicted molar refractivity (Wildman–Crippen MR) is 84.8 cm³/mol. The van der Waals surface area contributed by atoms with Crippen molar-refractivity contribution >= 4 is 27.7 Å². The van der Waals surface area contributed by atoms with Crippen molar-refractivity contribution in [3.63, 3.8) is 0 Å². The van der Waals surface area contributed by atoms with Gasteiger partial charge in [0, 0.05) is 27.6 Å². The molecule has 1 heterocycles. The fourth-order valence-corrected chi connectivity index (χ4v) is 3.48. The molecule has 0 amide bonds. The van der Waals surface area contributed by atoms with Gasteiger partial charge in [0.05, 0.1) is 7.05 Å². The fraction of sp³-hybridized carbons (Fsp3) is 0.462. The van der Waals surface area contributed by atoms with E-state index in [-0.39, 0.29) is 0 Å². The van der Waals surface area contributed by atoms with Crippen LogP contribution in [0.5, 0.6) is 0 Å². The minimum atomic E-state index is 0.335. The maximum absolute atomic E-state index is 4.24. The third-order valence-electron chi connectivity index (χ3n) is 2.75. The highest BCUT2D eigenvalue weighted by atomic mass is 79.9. The number of nitrogens with one attached hydrogen (secondary N) is 1. The lowest BCUT2D eigenvalue weighted by molar-refractivity contribution is 0.556. The van der Waals surface area contributed by atoms with Gasteiger partial charge < -0.3 is 5.32 Å². The summed E-state index contributed by atoms with van der Waals surface area (Å²) in [7, 11) is 1.79. The Balaban J connectivity index is 1.94. The van der Waals surface area contributed by atoms with Gasteiger partial charge in [-0.2, -0.15) is 4.80 Å². The quantitative estimate of drug-likeness (QED) is 0.772. The molecule has 0 saturated heterocycles. The van der Waals surface area contributed by atoms with Crippen molar-refractivity contribution in [3.05, 3.63) is 34.6 Å². The van der Waals surface area contributed by atoms with E-state index in [2.05, 4.69) is 61.8 Å². The molecule has 108 valence electrons. The number of halogens is 1. The summed E-state index contributed by atoms with van der Waals surface area (Å²) in [5.74, 6) is 1.75. The second kappa shape index (κ2) is 7.75. The molecule has 0 aliphatic carbocycles. The molecule has 0 fully saturated rings. The van der Waals surface area contributed by atoms with Crippen LogP contribution < -0.4 is 5.32 Å². The van der Waals surface area contributed by atoms with E-state index in [1.165, 1.54) is 9.69 Å². The molecule has 1 aromatic carbocycles. The third kappa shape index (κ3) is 4.57. The molecule has 0 saturated carbocycles. The summed E-state index contributed by atoms with van der Waals surface area (Å²) in [4.78, 5) is 2.75. The van der Waals surface area contributed by atoms with Gasteiger partial charge in [-0.15, -0.1) is 22.0 Å². The summed E-state index contributed by atoms with van der Waals surface area (Å²) >= 11 is 5.41. The first-order valence-electron chi connectivity index (χ1n) is 6.52. The van der Waals surface area contributed by atoms with Crippen LogP contribution in [-0.2, 0) is 13.5 Å². The lowest BCUT2D eigenvalue weighted by Crippen LogP contribution is -2.33. The number of likely N-dealkylation sites (N-methyl/N-ethyl adjacent to an activating group) is 1. The molecule has 0 spiro atoms. The minimum Gasteiger partial charge on any atom is -0.313 e. The van der Waals surface area contributed by atoms with Gasteiger partial charge >= 0.3 is 0 Å². The Morgan fingerprint density at radius 3 is 2.85 bits per heavy atom. The van der Waals surface area contributed by atoms with Crippen molar-refractivity contribution in [3.8, 4) is 0 Å². The van der Waals surface area contributed by atoms with Crippen molar-refractivity contribution < 1.29 is 0 Å². The van der Waals surface area contributed by atoms with Gasteiger partial charge in [0.1, 0.15) is 0 Å². The van der Waals surface area contributed by atoms with Crippen molar-refractivity contribution in [1.82, 2.24) is 25.5 Å². The lowest BCUT2D eigenvalue weighted by atomic mass is 10.2. The van der Waals surface area contributed by atoms with E-state index in [0.29, 0.717) is 6.04 Å². The van der Waals surface area contributed by atoms with Crippen LogP contribution >= 0.6 is 27.7 Å². The van der Waals surface area contributed by atoms with Gasteiger partial charge in [0.15, 0.2) is 5.82 Å². The molecule has 1 aromatic heterocycles. The summed E-state index contributed by atoms with van der Waals surface area (Å²) in [6.07, 6.45) is 0.791. The summed E-state index contributed by atoms with van der Waals surface area (Å²) in [6, 6.07) is 8.60. The maximum atomic E-state index is 4.24. The van der Waals surface area contributed by atoms with E-state index >= 15 is 0 Å². The van der Waals surface area contributed by atoms with Crippen LogP contribution in [0.4, 0.5) is 0 Å². The molecule has 20 heavy (non-hydrogen) atoms. The predicted octanol–water partition coefficient (Wildman–Crippen LogP) is 2.29. The standard InChI is InChI=1S/C13H18BrN5S/c1-3-15-10(8-13-16-18-19(2)17-13)9-20-12-7-5-4-6-11(12)14/h4-7,10,15H,3,8-9H2,1-2H3. The fourth-order valence-electron chi connectivity index (χ4n) is 1.86. The molecule has 2 aromatic rings. The molecular weight excluding hydrogens is 338 g/mol. The number of aryl methyl sites for hydroxylation is 1. The minimum absolute atomic E-state index is 0.335. The zero-order valence-electron chi connectivity index (χ0n) is 11.6. The number of rotatable bonds is 7. The second-order valence-corrected chi connectivity index (χ2v) is 6.31. The summed E-state index contributed by atoms with van der Waals surface area (Å²) in [5, 5.41) is 15.6. The second-order valence-electron chi connectivity index (χ2n) is 4.40. The number of nitrogens with zero attached hydrogens (tertiary/aromatic N) is 4.